The molecule has 0 bridgehead atoms. The molecular formula is C17H23N3. The van der Waals surface area contributed by atoms with Gasteiger partial charge in [0.15, 0.2) is 0 Å². The topological polar surface area (TPSA) is 41.3 Å². The van der Waals surface area contributed by atoms with Gasteiger partial charge in [0, 0.05) is 25.8 Å². The van der Waals surface area contributed by atoms with Gasteiger partial charge >= 0.3 is 0 Å². The maximum absolute atomic E-state index is 5.73. The minimum absolute atomic E-state index is 0.176. The van der Waals surface area contributed by atoms with Gasteiger partial charge in [0.25, 0.3) is 0 Å². The summed E-state index contributed by atoms with van der Waals surface area (Å²) in [6, 6.07) is 19.2. The van der Waals surface area contributed by atoms with Gasteiger partial charge in [0.05, 0.1) is 0 Å². The third-order valence-electron chi connectivity index (χ3n) is 3.55. The first kappa shape index (κ1) is 14.6. The van der Waals surface area contributed by atoms with Gasteiger partial charge in [-0.25, -0.2) is 0 Å². The molecule has 0 spiro atoms. The molecule has 3 nitrogen and oxygen atoms in total. The van der Waals surface area contributed by atoms with Crippen LogP contribution in [0.2, 0.25) is 0 Å². The summed E-state index contributed by atoms with van der Waals surface area (Å²) < 4.78 is 0. The number of nitrogens with zero attached hydrogens (tertiary/aromatic N) is 1. The standard InChI is InChI=1S/C17H23N3/c1-20(2)16-10-6-9-15(13-16)17(19-18)12-11-14-7-4-3-5-8-14/h3-10,13,17,19H,11-12,18H2,1-2H3. The van der Waals surface area contributed by atoms with Gasteiger partial charge in [-0.15, -0.1) is 0 Å². The second kappa shape index (κ2) is 7.08. The molecule has 3 heteroatoms. The van der Waals surface area contributed by atoms with Crippen LogP contribution in [0.3, 0.4) is 0 Å². The Bertz CT molecular complexity index is 523. The van der Waals surface area contributed by atoms with Gasteiger partial charge in [-0.3, -0.25) is 11.3 Å². The van der Waals surface area contributed by atoms with Gasteiger partial charge in [0.2, 0.25) is 0 Å². The van der Waals surface area contributed by atoms with Crippen molar-refractivity contribution in [2.24, 2.45) is 5.84 Å². The lowest BCUT2D eigenvalue weighted by Crippen LogP contribution is -2.28. The third-order valence-corrected chi connectivity index (χ3v) is 3.55. The van der Waals surface area contributed by atoms with Crippen molar-refractivity contribution < 1.29 is 0 Å². The van der Waals surface area contributed by atoms with Crippen molar-refractivity contribution in [3.63, 3.8) is 0 Å². The molecule has 0 heterocycles. The fraction of sp³-hybridized carbons (Fsp3) is 0.294. The van der Waals surface area contributed by atoms with Crippen LogP contribution in [0, 0.1) is 0 Å². The lowest BCUT2D eigenvalue weighted by atomic mass is 9.99. The Labute approximate surface area is 121 Å². The molecule has 2 aromatic carbocycles. The number of hydrazine groups is 1. The Morgan fingerprint density at radius 2 is 1.80 bits per heavy atom. The molecule has 2 aromatic rings. The Balaban J connectivity index is 2.06. The quantitative estimate of drug-likeness (QED) is 0.626. The van der Waals surface area contributed by atoms with E-state index in [0.29, 0.717) is 0 Å². The van der Waals surface area contributed by atoms with Crippen molar-refractivity contribution in [3.8, 4) is 0 Å². The molecule has 0 saturated heterocycles. The molecule has 20 heavy (non-hydrogen) atoms. The Kier molecular flexibility index (Phi) is 5.16. The van der Waals surface area contributed by atoms with Gasteiger partial charge in [-0.05, 0) is 36.1 Å². The fourth-order valence-electron chi connectivity index (χ4n) is 2.32. The maximum atomic E-state index is 5.73. The first-order valence-corrected chi connectivity index (χ1v) is 6.98. The summed E-state index contributed by atoms with van der Waals surface area (Å²) in [4.78, 5) is 2.11. The maximum Gasteiger partial charge on any atom is 0.0463 e. The zero-order chi connectivity index (χ0) is 14.4. The zero-order valence-electron chi connectivity index (χ0n) is 12.2. The highest BCUT2D eigenvalue weighted by Gasteiger charge is 2.10. The highest BCUT2D eigenvalue weighted by atomic mass is 15.2. The van der Waals surface area contributed by atoms with E-state index in [-0.39, 0.29) is 6.04 Å². The molecule has 0 aliphatic carbocycles. The Morgan fingerprint density at radius 1 is 1.05 bits per heavy atom. The van der Waals surface area contributed by atoms with Crippen molar-refractivity contribution >= 4 is 5.69 Å². The highest BCUT2D eigenvalue weighted by Crippen LogP contribution is 2.22. The number of benzene rings is 2. The van der Waals surface area contributed by atoms with Crippen LogP contribution >= 0.6 is 0 Å². The minimum atomic E-state index is 0.176. The minimum Gasteiger partial charge on any atom is -0.378 e. The first-order chi connectivity index (χ1) is 9.70. The van der Waals surface area contributed by atoms with Crippen LogP contribution in [0.1, 0.15) is 23.6 Å². The van der Waals surface area contributed by atoms with Crippen LogP contribution in [0.15, 0.2) is 54.6 Å². The van der Waals surface area contributed by atoms with Crippen LogP contribution in [0.5, 0.6) is 0 Å². The van der Waals surface area contributed by atoms with Crippen molar-refractivity contribution in [2.45, 2.75) is 18.9 Å². The number of rotatable bonds is 6. The van der Waals surface area contributed by atoms with Gasteiger partial charge in [0.1, 0.15) is 0 Å². The van der Waals surface area contributed by atoms with Gasteiger partial charge < -0.3 is 4.90 Å². The van der Waals surface area contributed by atoms with Crippen molar-refractivity contribution in [3.05, 3.63) is 65.7 Å². The van der Waals surface area contributed by atoms with Crippen LogP contribution in [0.4, 0.5) is 5.69 Å². The Hall–Kier alpha value is -1.84. The predicted octanol–water partition coefficient (Wildman–Crippen LogP) is 2.89. The molecule has 0 radical (unpaired) electrons. The van der Waals surface area contributed by atoms with E-state index in [1.54, 1.807) is 0 Å². The molecule has 0 aliphatic heterocycles. The summed E-state index contributed by atoms with van der Waals surface area (Å²) in [5, 5.41) is 0. The van der Waals surface area contributed by atoms with Gasteiger partial charge in [-0.1, -0.05) is 42.5 Å². The number of nitrogens with one attached hydrogen (secondary N) is 1. The second-order valence-corrected chi connectivity index (χ2v) is 5.23. The van der Waals surface area contributed by atoms with Crippen molar-refractivity contribution in [2.75, 3.05) is 19.0 Å². The van der Waals surface area contributed by atoms with Crippen LogP contribution in [0.25, 0.3) is 0 Å². The largest absolute Gasteiger partial charge is 0.378 e. The summed E-state index contributed by atoms with van der Waals surface area (Å²) >= 11 is 0. The zero-order valence-corrected chi connectivity index (χ0v) is 12.2. The molecular weight excluding hydrogens is 246 g/mol. The predicted molar refractivity (Wildman–Crippen MR) is 85.6 cm³/mol. The van der Waals surface area contributed by atoms with E-state index in [1.165, 1.54) is 16.8 Å². The van der Waals surface area contributed by atoms with E-state index in [9.17, 15) is 0 Å². The SMILES string of the molecule is CN(C)c1cccc(C(CCc2ccccc2)NN)c1. The van der Waals surface area contributed by atoms with Crippen molar-refractivity contribution in [1.82, 2.24) is 5.43 Å². The molecule has 0 saturated carbocycles. The Morgan fingerprint density at radius 3 is 2.45 bits per heavy atom. The molecule has 2 rings (SSSR count). The molecule has 1 atom stereocenters. The van der Waals surface area contributed by atoms with Gasteiger partial charge in [-0.2, -0.15) is 0 Å². The number of hydrogen-bond donors (Lipinski definition) is 2. The molecule has 0 aliphatic rings. The number of hydrogen-bond acceptors (Lipinski definition) is 3. The van der Waals surface area contributed by atoms with E-state index >= 15 is 0 Å². The van der Waals surface area contributed by atoms with Crippen LogP contribution < -0.4 is 16.2 Å². The van der Waals surface area contributed by atoms with E-state index in [1.807, 2.05) is 20.2 Å². The molecule has 106 valence electrons. The molecule has 0 aromatic heterocycles. The van der Waals surface area contributed by atoms with E-state index in [0.717, 1.165) is 12.8 Å². The lowest BCUT2D eigenvalue weighted by Gasteiger charge is -2.19. The molecule has 0 fully saturated rings. The molecule has 1 unspecified atom stereocenters. The summed E-state index contributed by atoms with van der Waals surface area (Å²) in [6.45, 7) is 0. The van der Waals surface area contributed by atoms with Crippen LogP contribution in [-0.4, -0.2) is 14.1 Å². The van der Waals surface area contributed by atoms with E-state index in [4.69, 9.17) is 5.84 Å². The number of nitrogens with two attached hydrogens (primary N) is 1. The summed E-state index contributed by atoms with van der Waals surface area (Å²) in [6.07, 6.45) is 2.00. The van der Waals surface area contributed by atoms with E-state index < -0.39 is 0 Å². The molecule has 3 N–H and O–H groups in total. The average Bonchev–Trinajstić information content (AvgIpc) is 2.49. The summed E-state index contributed by atoms with van der Waals surface area (Å²) in [7, 11) is 4.10. The second-order valence-electron chi connectivity index (χ2n) is 5.23. The first-order valence-electron chi connectivity index (χ1n) is 6.98. The van der Waals surface area contributed by atoms with E-state index in [2.05, 4.69) is 58.9 Å². The normalized spacial score (nSPS) is 12.2. The summed E-state index contributed by atoms with van der Waals surface area (Å²) in [5.41, 5.74) is 6.71. The fourth-order valence-corrected chi connectivity index (χ4v) is 2.32. The monoisotopic (exact) mass is 269 g/mol. The lowest BCUT2D eigenvalue weighted by molar-refractivity contribution is 0.516. The summed E-state index contributed by atoms with van der Waals surface area (Å²) in [5.74, 6) is 5.73. The van der Waals surface area contributed by atoms with Crippen molar-refractivity contribution in [1.29, 1.82) is 0 Å². The third kappa shape index (κ3) is 3.83. The number of aryl methyl sites for hydroxylation is 1. The number of anilines is 1. The molecule has 0 amide bonds. The smallest absolute Gasteiger partial charge is 0.0463 e. The highest BCUT2D eigenvalue weighted by molar-refractivity contribution is 5.47. The van der Waals surface area contributed by atoms with Crippen LogP contribution in [-0.2, 0) is 6.42 Å². The average molecular weight is 269 g/mol.